The standard InChI is InChI=1S/C12H22O7S.2Na.2H/c1-2-3-4-5-6-7-8-19-12(15)10(9-11(13)14)20(16,17)18;;;;/h10H,2-9H2,1H3,(H,13,14)(H,16,17,18);;;;/q;2*+1;2*-1. The van der Waals surface area contributed by atoms with E-state index in [0.29, 0.717) is 6.42 Å². The van der Waals surface area contributed by atoms with E-state index in [1.54, 1.807) is 0 Å². The van der Waals surface area contributed by atoms with Crippen LogP contribution < -0.4 is 59.1 Å². The second-order valence-electron chi connectivity index (χ2n) is 4.54. The minimum atomic E-state index is -4.77. The molecule has 0 aliphatic carbocycles. The maximum absolute atomic E-state index is 11.4. The molecule has 0 aliphatic heterocycles. The summed E-state index contributed by atoms with van der Waals surface area (Å²) in [7, 11) is -4.77. The van der Waals surface area contributed by atoms with Crippen molar-refractivity contribution < 1.29 is 94.4 Å². The van der Waals surface area contributed by atoms with Crippen LogP contribution >= 0.6 is 0 Å². The summed E-state index contributed by atoms with van der Waals surface area (Å²) in [5, 5.41) is 6.45. The van der Waals surface area contributed by atoms with Gasteiger partial charge in [0.05, 0.1) is 13.0 Å². The molecule has 0 bridgehead atoms. The summed E-state index contributed by atoms with van der Waals surface area (Å²) in [5.41, 5.74) is 0. The van der Waals surface area contributed by atoms with Crippen LogP contribution in [0.4, 0.5) is 0 Å². The van der Waals surface area contributed by atoms with Crippen LogP contribution in [0.2, 0.25) is 0 Å². The average molecular weight is 358 g/mol. The quantitative estimate of drug-likeness (QED) is 0.167. The smallest absolute Gasteiger partial charge is 1.00 e. The Morgan fingerprint density at radius 1 is 1.09 bits per heavy atom. The zero-order valence-electron chi connectivity index (χ0n) is 15.6. The van der Waals surface area contributed by atoms with E-state index in [9.17, 15) is 18.0 Å². The number of ether oxygens (including phenoxy) is 1. The van der Waals surface area contributed by atoms with E-state index < -0.39 is 33.7 Å². The summed E-state index contributed by atoms with van der Waals surface area (Å²) >= 11 is 0. The number of hydrogen-bond acceptors (Lipinski definition) is 5. The van der Waals surface area contributed by atoms with E-state index in [1.165, 1.54) is 0 Å². The van der Waals surface area contributed by atoms with Crippen LogP contribution in [0.15, 0.2) is 0 Å². The molecule has 2 N–H and O–H groups in total. The summed E-state index contributed by atoms with van der Waals surface area (Å²) in [6, 6.07) is 0. The van der Waals surface area contributed by atoms with Gasteiger partial charge in [-0.25, -0.2) is 0 Å². The van der Waals surface area contributed by atoms with Crippen molar-refractivity contribution in [2.24, 2.45) is 0 Å². The third-order valence-electron chi connectivity index (χ3n) is 2.72. The van der Waals surface area contributed by atoms with Crippen LogP contribution in [0.3, 0.4) is 0 Å². The van der Waals surface area contributed by atoms with Gasteiger partial charge in [0, 0.05) is 0 Å². The first-order chi connectivity index (χ1) is 9.29. The minimum absolute atomic E-state index is 0. The van der Waals surface area contributed by atoms with Gasteiger partial charge >= 0.3 is 71.1 Å². The van der Waals surface area contributed by atoms with Gasteiger partial charge in [-0.1, -0.05) is 39.0 Å². The molecule has 1 unspecified atom stereocenters. The third-order valence-corrected chi connectivity index (χ3v) is 3.80. The van der Waals surface area contributed by atoms with Crippen LogP contribution in [0.1, 0.15) is 54.7 Å². The molecule has 0 saturated heterocycles. The van der Waals surface area contributed by atoms with Crippen molar-refractivity contribution in [3.8, 4) is 0 Å². The van der Waals surface area contributed by atoms with Crippen LogP contribution in [0, 0.1) is 0 Å². The number of aliphatic carboxylic acids is 1. The molecule has 0 saturated carbocycles. The van der Waals surface area contributed by atoms with E-state index in [2.05, 4.69) is 6.92 Å². The van der Waals surface area contributed by atoms with Gasteiger partial charge in [0.2, 0.25) is 0 Å². The fourth-order valence-corrected chi connectivity index (χ4v) is 2.28. The first-order valence-electron chi connectivity index (χ1n) is 6.63. The van der Waals surface area contributed by atoms with Crippen molar-refractivity contribution in [3.05, 3.63) is 0 Å². The van der Waals surface area contributed by atoms with Gasteiger partial charge in [-0.3, -0.25) is 14.1 Å². The molecule has 0 rings (SSSR count). The number of rotatable bonds is 11. The molecule has 1 atom stereocenters. The molecule has 0 radical (unpaired) electrons. The van der Waals surface area contributed by atoms with Crippen molar-refractivity contribution in [2.45, 2.75) is 57.1 Å². The van der Waals surface area contributed by atoms with E-state index in [0.717, 1.165) is 32.1 Å². The van der Waals surface area contributed by atoms with Crippen LogP contribution in [0.25, 0.3) is 0 Å². The fraction of sp³-hybridized carbons (Fsp3) is 0.833. The van der Waals surface area contributed by atoms with Crippen LogP contribution in [-0.4, -0.2) is 41.9 Å². The first-order valence-corrected chi connectivity index (χ1v) is 8.14. The minimum Gasteiger partial charge on any atom is -1.00 e. The van der Waals surface area contributed by atoms with Crippen molar-refractivity contribution in [3.63, 3.8) is 0 Å². The summed E-state index contributed by atoms with van der Waals surface area (Å²) < 4.78 is 35.3. The summed E-state index contributed by atoms with van der Waals surface area (Å²) in [4.78, 5) is 21.9. The Hall–Kier alpha value is 0.850. The van der Waals surface area contributed by atoms with Gasteiger partial charge < -0.3 is 12.7 Å². The van der Waals surface area contributed by atoms with E-state index in [1.807, 2.05) is 0 Å². The number of esters is 1. The molecular weight excluding hydrogens is 334 g/mol. The Kier molecular flexibility index (Phi) is 19.4. The maximum atomic E-state index is 11.4. The van der Waals surface area contributed by atoms with Crippen molar-refractivity contribution in [2.75, 3.05) is 6.61 Å². The second-order valence-corrected chi connectivity index (χ2v) is 6.14. The van der Waals surface area contributed by atoms with E-state index >= 15 is 0 Å². The largest absolute Gasteiger partial charge is 1.00 e. The number of hydrogen-bond donors (Lipinski definition) is 2. The van der Waals surface area contributed by atoms with Gasteiger partial charge in [-0.2, -0.15) is 8.42 Å². The molecule has 0 amide bonds. The number of carbonyl (C=O) groups excluding carboxylic acids is 1. The molecule has 0 fully saturated rings. The van der Waals surface area contributed by atoms with E-state index in [-0.39, 0.29) is 68.6 Å². The normalized spacial score (nSPS) is 11.7. The molecule has 0 aliphatic rings. The third kappa shape index (κ3) is 14.4. The molecule has 7 nitrogen and oxygen atoms in total. The second kappa shape index (κ2) is 15.4. The molecule has 0 aromatic heterocycles. The zero-order chi connectivity index (χ0) is 15.6. The van der Waals surface area contributed by atoms with Crippen molar-refractivity contribution in [1.82, 2.24) is 0 Å². The molecule has 0 spiro atoms. The van der Waals surface area contributed by atoms with Crippen molar-refractivity contribution in [1.29, 1.82) is 0 Å². The maximum Gasteiger partial charge on any atom is 1.00 e. The van der Waals surface area contributed by atoms with E-state index in [4.69, 9.17) is 14.4 Å². The number of carboxylic acids is 1. The van der Waals surface area contributed by atoms with Gasteiger partial charge in [-0.05, 0) is 6.42 Å². The van der Waals surface area contributed by atoms with Crippen LogP contribution in [0.5, 0.6) is 0 Å². The molecule has 10 heteroatoms. The average Bonchev–Trinajstić information content (AvgIpc) is 2.33. The summed E-state index contributed by atoms with van der Waals surface area (Å²) in [6.07, 6.45) is 4.79. The fourth-order valence-electron chi connectivity index (χ4n) is 1.62. The Bertz CT molecular complexity index is 422. The summed E-state index contributed by atoms with van der Waals surface area (Å²) in [6.45, 7) is 2.12. The molecular formula is C12H24Na2O7S. The first kappa shape index (κ1) is 27.7. The predicted octanol–water partition coefficient (Wildman–Crippen LogP) is -4.15. The topological polar surface area (TPSA) is 118 Å². The molecule has 0 aromatic carbocycles. The molecule has 0 heterocycles. The zero-order valence-corrected chi connectivity index (χ0v) is 18.4. The molecule has 0 aromatic rings. The van der Waals surface area contributed by atoms with Gasteiger partial charge in [0.1, 0.15) is 0 Å². The Labute approximate surface area is 178 Å². The monoisotopic (exact) mass is 358 g/mol. The summed E-state index contributed by atoms with van der Waals surface area (Å²) in [5.74, 6) is -2.72. The van der Waals surface area contributed by atoms with Gasteiger partial charge in [0.25, 0.3) is 10.1 Å². The molecule has 122 valence electrons. The molecule has 22 heavy (non-hydrogen) atoms. The Balaban J connectivity index is -0.000000301. The predicted molar refractivity (Wildman–Crippen MR) is 74.1 cm³/mol. The number of carbonyl (C=O) groups is 2. The van der Waals surface area contributed by atoms with Gasteiger partial charge in [0.15, 0.2) is 5.25 Å². The SMILES string of the molecule is CCCCCCCCOC(=O)C(CC(=O)O)S(=O)(=O)O.[H-].[H-].[Na+].[Na+]. The Morgan fingerprint density at radius 2 is 1.59 bits per heavy atom. The van der Waals surface area contributed by atoms with Crippen LogP contribution in [-0.2, 0) is 24.4 Å². The number of carboxylic acid groups (broad SMARTS) is 1. The van der Waals surface area contributed by atoms with Gasteiger partial charge in [-0.15, -0.1) is 0 Å². The Morgan fingerprint density at radius 3 is 2.05 bits per heavy atom. The van der Waals surface area contributed by atoms with Crippen molar-refractivity contribution >= 4 is 22.1 Å². The number of unbranched alkanes of at least 4 members (excludes halogenated alkanes) is 5.